The van der Waals surface area contributed by atoms with Crippen molar-refractivity contribution in [2.75, 3.05) is 7.05 Å². The van der Waals surface area contributed by atoms with Gasteiger partial charge in [0.1, 0.15) is 5.82 Å². The summed E-state index contributed by atoms with van der Waals surface area (Å²) in [5.41, 5.74) is 3.24. The number of likely N-dealkylation sites (N-methyl/N-ethyl adjacent to an activating group) is 1. The summed E-state index contributed by atoms with van der Waals surface area (Å²) in [5.74, 6) is -0.274. The molecule has 0 aliphatic carbocycles. The van der Waals surface area contributed by atoms with E-state index in [1.54, 1.807) is 12.3 Å². The molecule has 1 atom stereocenters. The molecule has 2 rings (SSSR count). The zero-order valence-corrected chi connectivity index (χ0v) is 12.3. The monoisotopic (exact) mass is 285 g/mol. The molecule has 0 saturated carbocycles. The van der Waals surface area contributed by atoms with E-state index in [2.05, 4.69) is 30.2 Å². The van der Waals surface area contributed by atoms with Crippen molar-refractivity contribution in [2.45, 2.75) is 18.9 Å². The first-order valence-corrected chi connectivity index (χ1v) is 6.88. The molecule has 3 nitrogen and oxygen atoms in total. The van der Waals surface area contributed by atoms with Gasteiger partial charge in [0.15, 0.2) is 0 Å². The Morgan fingerprint density at radius 3 is 2.95 bits per heavy atom. The summed E-state index contributed by atoms with van der Waals surface area (Å²) in [7, 11) is 1.84. The van der Waals surface area contributed by atoms with E-state index in [1.165, 1.54) is 12.1 Å². The number of nitrogens with zero attached hydrogens (tertiary/aromatic N) is 2. The number of hydrogen-bond donors (Lipinski definition) is 1. The van der Waals surface area contributed by atoms with Crippen molar-refractivity contribution in [3.8, 4) is 0 Å². The third kappa shape index (κ3) is 3.05. The van der Waals surface area contributed by atoms with Crippen LogP contribution in [0.3, 0.4) is 0 Å². The lowest BCUT2D eigenvalue weighted by Gasteiger charge is -2.34. The molecule has 0 amide bonds. The molecule has 1 aromatic carbocycles. The zero-order valence-electron chi connectivity index (χ0n) is 12.3. The van der Waals surface area contributed by atoms with Gasteiger partial charge in [-0.2, -0.15) is 5.10 Å². The number of allylic oxidation sites excluding steroid dienone is 1. The van der Waals surface area contributed by atoms with Gasteiger partial charge in [-0.3, -0.25) is 5.01 Å². The lowest BCUT2D eigenvalue weighted by Crippen LogP contribution is -2.36. The van der Waals surface area contributed by atoms with Crippen LogP contribution >= 0.6 is 0 Å². The summed E-state index contributed by atoms with van der Waals surface area (Å²) < 4.78 is 13.3. The third-order valence-electron chi connectivity index (χ3n) is 3.59. The first-order valence-electron chi connectivity index (χ1n) is 6.88. The predicted molar refractivity (Wildman–Crippen MR) is 86.3 cm³/mol. The third-order valence-corrected chi connectivity index (χ3v) is 3.59. The lowest BCUT2D eigenvalue weighted by molar-refractivity contribution is 0.319. The molecular formula is C17H20FN3. The van der Waals surface area contributed by atoms with Crippen LogP contribution in [0.15, 0.2) is 54.8 Å². The summed E-state index contributed by atoms with van der Waals surface area (Å²) in [4.78, 5) is 0. The Bertz CT molecular complexity index is 604. The SMILES string of the molecule is C=CCCC(C(=C)NC)N1N=Cc2cc(F)ccc2C1=C. The molecule has 110 valence electrons. The van der Waals surface area contributed by atoms with E-state index in [9.17, 15) is 4.39 Å². The molecule has 0 bridgehead atoms. The molecule has 0 spiro atoms. The van der Waals surface area contributed by atoms with Gasteiger partial charge in [-0.1, -0.05) is 19.2 Å². The largest absolute Gasteiger partial charge is 0.390 e. The number of fused-ring (bicyclic) bond motifs is 1. The van der Waals surface area contributed by atoms with Crippen molar-refractivity contribution in [1.29, 1.82) is 0 Å². The maximum Gasteiger partial charge on any atom is 0.123 e. The van der Waals surface area contributed by atoms with E-state index >= 15 is 0 Å². The number of halogens is 1. The van der Waals surface area contributed by atoms with Gasteiger partial charge in [-0.05, 0) is 31.0 Å². The van der Waals surface area contributed by atoms with E-state index in [0.29, 0.717) is 0 Å². The van der Waals surface area contributed by atoms with Crippen molar-refractivity contribution in [2.24, 2.45) is 5.10 Å². The molecule has 1 aliphatic rings. The van der Waals surface area contributed by atoms with E-state index < -0.39 is 0 Å². The second kappa shape index (κ2) is 6.39. The molecule has 0 saturated heterocycles. The topological polar surface area (TPSA) is 27.6 Å². The number of benzene rings is 1. The molecule has 1 aliphatic heterocycles. The Labute approximate surface area is 125 Å². The van der Waals surface area contributed by atoms with Crippen LogP contribution in [0.25, 0.3) is 5.70 Å². The molecule has 1 unspecified atom stereocenters. The normalized spacial score (nSPS) is 14.6. The van der Waals surface area contributed by atoms with Gasteiger partial charge >= 0.3 is 0 Å². The van der Waals surface area contributed by atoms with Gasteiger partial charge in [0, 0.05) is 23.9 Å². The number of nitrogens with one attached hydrogen (secondary N) is 1. The van der Waals surface area contributed by atoms with Gasteiger partial charge < -0.3 is 5.32 Å². The van der Waals surface area contributed by atoms with E-state index in [-0.39, 0.29) is 11.9 Å². The fourth-order valence-corrected chi connectivity index (χ4v) is 2.38. The maximum atomic E-state index is 13.3. The molecule has 21 heavy (non-hydrogen) atoms. The molecule has 1 N–H and O–H groups in total. The summed E-state index contributed by atoms with van der Waals surface area (Å²) in [6, 6.07) is 4.62. The zero-order chi connectivity index (χ0) is 15.4. The fourth-order valence-electron chi connectivity index (χ4n) is 2.38. The van der Waals surface area contributed by atoms with Gasteiger partial charge in [0.25, 0.3) is 0 Å². The Kier molecular flexibility index (Phi) is 4.58. The number of hydrogen-bond acceptors (Lipinski definition) is 3. The standard InChI is InChI=1S/C17H20FN3/c1-5-6-7-17(12(2)19-4)21-13(3)16-9-8-15(18)10-14(16)11-20-21/h5,8-11,17,19H,1-3,6-7H2,4H3. The summed E-state index contributed by atoms with van der Waals surface area (Å²) in [6.07, 6.45) is 5.21. The number of rotatable bonds is 6. The molecular weight excluding hydrogens is 265 g/mol. The summed E-state index contributed by atoms with van der Waals surface area (Å²) >= 11 is 0. The quantitative estimate of drug-likeness (QED) is 0.810. The average Bonchev–Trinajstić information content (AvgIpc) is 2.49. The Morgan fingerprint density at radius 1 is 1.52 bits per heavy atom. The number of hydrazone groups is 1. The fraction of sp³-hybridized carbons (Fsp3) is 0.235. The Morgan fingerprint density at radius 2 is 2.29 bits per heavy atom. The van der Waals surface area contributed by atoms with Crippen LogP contribution in [0.2, 0.25) is 0 Å². The first kappa shape index (κ1) is 15.0. The predicted octanol–water partition coefficient (Wildman–Crippen LogP) is 3.51. The minimum absolute atomic E-state index is 0.0186. The summed E-state index contributed by atoms with van der Waals surface area (Å²) in [6.45, 7) is 11.9. The highest BCUT2D eigenvalue weighted by Crippen LogP contribution is 2.30. The van der Waals surface area contributed by atoms with Crippen LogP contribution in [0.4, 0.5) is 4.39 Å². The van der Waals surface area contributed by atoms with Crippen LogP contribution in [-0.4, -0.2) is 24.3 Å². The van der Waals surface area contributed by atoms with Gasteiger partial charge in [-0.25, -0.2) is 4.39 Å². The van der Waals surface area contributed by atoms with Crippen LogP contribution < -0.4 is 5.32 Å². The van der Waals surface area contributed by atoms with Crippen molar-refractivity contribution < 1.29 is 4.39 Å². The van der Waals surface area contributed by atoms with E-state index in [1.807, 2.05) is 18.1 Å². The highest BCUT2D eigenvalue weighted by Gasteiger charge is 2.25. The second-order valence-electron chi connectivity index (χ2n) is 4.92. The summed E-state index contributed by atoms with van der Waals surface area (Å²) in [5, 5.41) is 9.34. The van der Waals surface area contributed by atoms with E-state index in [0.717, 1.165) is 35.4 Å². The van der Waals surface area contributed by atoms with Crippen LogP contribution in [-0.2, 0) is 0 Å². The van der Waals surface area contributed by atoms with Crippen molar-refractivity contribution in [3.63, 3.8) is 0 Å². The Hall–Kier alpha value is -2.36. The highest BCUT2D eigenvalue weighted by molar-refractivity contribution is 5.90. The minimum atomic E-state index is -0.274. The van der Waals surface area contributed by atoms with E-state index in [4.69, 9.17) is 0 Å². The second-order valence-corrected chi connectivity index (χ2v) is 4.92. The lowest BCUT2D eigenvalue weighted by atomic mass is 10.0. The molecule has 0 fully saturated rings. The van der Waals surface area contributed by atoms with Gasteiger partial charge in [0.05, 0.1) is 18.0 Å². The van der Waals surface area contributed by atoms with Crippen LogP contribution in [0.1, 0.15) is 24.0 Å². The van der Waals surface area contributed by atoms with Crippen LogP contribution in [0, 0.1) is 5.82 Å². The average molecular weight is 285 g/mol. The highest BCUT2D eigenvalue weighted by atomic mass is 19.1. The van der Waals surface area contributed by atoms with Crippen molar-refractivity contribution in [3.05, 3.63) is 66.7 Å². The smallest absolute Gasteiger partial charge is 0.123 e. The molecule has 1 aromatic rings. The van der Waals surface area contributed by atoms with Crippen molar-refractivity contribution in [1.82, 2.24) is 10.3 Å². The maximum absolute atomic E-state index is 13.3. The van der Waals surface area contributed by atoms with Gasteiger partial charge in [-0.15, -0.1) is 6.58 Å². The molecule has 0 aromatic heterocycles. The molecule has 0 radical (unpaired) electrons. The minimum Gasteiger partial charge on any atom is -0.390 e. The van der Waals surface area contributed by atoms with Gasteiger partial charge in [0.2, 0.25) is 0 Å². The molecule has 4 heteroatoms. The molecule has 1 heterocycles. The first-order chi connectivity index (χ1) is 10.1. The Balaban J connectivity index is 2.32. The van der Waals surface area contributed by atoms with Crippen LogP contribution in [0.5, 0.6) is 0 Å². The van der Waals surface area contributed by atoms with Crippen molar-refractivity contribution >= 4 is 11.9 Å².